The summed E-state index contributed by atoms with van der Waals surface area (Å²) in [4.78, 5) is 0. The topological polar surface area (TPSA) is 38.7 Å². The Labute approximate surface area is 77.9 Å². The third-order valence-electron chi connectivity index (χ3n) is 1.70. The first-order valence-corrected chi connectivity index (χ1v) is 4.24. The van der Waals surface area contributed by atoms with E-state index in [0.29, 0.717) is 12.4 Å². The molecule has 0 saturated heterocycles. The quantitative estimate of drug-likeness (QED) is 0.572. The molecule has 1 aromatic carbocycles. The molecule has 0 radical (unpaired) electrons. The van der Waals surface area contributed by atoms with E-state index >= 15 is 0 Å². The SMILES string of the molecule is CCOCOc1cccc(C)c1O. The fourth-order valence-electron chi connectivity index (χ4n) is 0.937. The fourth-order valence-corrected chi connectivity index (χ4v) is 0.937. The molecule has 13 heavy (non-hydrogen) atoms. The lowest BCUT2D eigenvalue weighted by atomic mass is 10.2. The van der Waals surface area contributed by atoms with Gasteiger partial charge in [0.15, 0.2) is 18.3 Å². The smallest absolute Gasteiger partial charge is 0.189 e. The Kier molecular flexibility index (Phi) is 3.58. The number of phenols is 1. The minimum absolute atomic E-state index is 0.174. The molecule has 0 fully saturated rings. The van der Waals surface area contributed by atoms with Crippen molar-refractivity contribution in [1.29, 1.82) is 0 Å². The van der Waals surface area contributed by atoms with Crippen LogP contribution in [0.5, 0.6) is 11.5 Å². The van der Waals surface area contributed by atoms with E-state index in [2.05, 4.69) is 0 Å². The summed E-state index contributed by atoms with van der Waals surface area (Å²) < 4.78 is 10.2. The van der Waals surface area contributed by atoms with Gasteiger partial charge in [-0.2, -0.15) is 0 Å². The predicted octanol–water partition coefficient (Wildman–Crippen LogP) is 2.07. The molecule has 1 N–H and O–H groups in total. The van der Waals surface area contributed by atoms with Gasteiger partial charge >= 0.3 is 0 Å². The molecule has 0 aliphatic heterocycles. The molecule has 3 nitrogen and oxygen atoms in total. The van der Waals surface area contributed by atoms with E-state index in [1.807, 2.05) is 26.0 Å². The third-order valence-corrected chi connectivity index (χ3v) is 1.70. The van der Waals surface area contributed by atoms with Gasteiger partial charge in [-0.05, 0) is 25.5 Å². The van der Waals surface area contributed by atoms with Crippen molar-refractivity contribution in [1.82, 2.24) is 0 Å². The zero-order valence-corrected chi connectivity index (χ0v) is 7.91. The molecule has 0 aliphatic rings. The van der Waals surface area contributed by atoms with E-state index < -0.39 is 0 Å². The zero-order chi connectivity index (χ0) is 9.68. The number of benzene rings is 1. The average molecular weight is 182 g/mol. The molecule has 1 rings (SSSR count). The Balaban J connectivity index is 2.61. The zero-order valence-electron chi connectivity index (χ0n) is 7.91. The molecular formula is C10H14O3. The second-order valence-corrected chi connectivity index (χ2v) is 2.68. The maximum absolute atomic E-state index is 9.52. The van der Waals surface area contributed by atoms with Crippen LogP contribution in [-0.2, 0) is 4.74 Å². The number of phenolic OH excluding ortho intramolecular Hbond substituents is 1. The highest BCUT2D eigenvalue weighted by molar-refractivity contribution is 5.44. The van der Waals surface area contributed by atoms with Gasteiger partial charge in [-0.3, -0.25) is 0 Å². The van der Waals surface area contributed by atoms with Crippen LogP contribution < -0.4 is 4.74 Å². The highest BCUT2D eigenvalue weighted by atomic mass is 16.7. The van der Waals surface area contributed by atoms with Crippen LogP contribution in [0.1, 0.15) is 12.5 Å². The fraction of sp³-hybridized carbons (Fsp3) is 0.400. The van der Waals surface area contributed by atoms with E-state index in [4.69, 9.17) is 9.47 Å². The van der Waals surface area contributed by atoms with Crippen LogP contribution in [0.3, 0.4) is 0 Å². The number of hydrogen-bond acceptors (Lipinski definition) is 3. The highest BCUT2D eigenvalue weighted by Crippen LogP contribution is 2.28. The standard InChI is InChI=1S/C10H14O3/c1-3-12-7-13-9-6-4-5-8(2)10(9)11/h4-6,11H,3,7H2,1-2H3. The Bertz CT molecular complexity index is 271. The average Bonchev–Trinajstić information content (AvgIpc) is 2.13. The molecule has 3 heteroatoms. The van der Waals surface area contributed by atoms with Gasteiger partial charge in [-0.25, -0.2) is 0 Å². The molecule has 0 bridgehead atoms. The Morgan fingerprint density at radius 1 is 1.38 bits per heavy atom. The Morgan fingerprint density at radius 3 is 2.85 bits per heavy atom. The van der Waals surface area contributed by atoms with Gasteiger partial charge in [0.2, 0.25) is 0 Å². The number of aromatic hydroxyl groups is 1. The number of aryl methyl sites for hydroxylation is 1. The summed E-state index contributed by atoms with van der Waals surface area (Å²) in [5.41, 5.74) is 0.800. The largest absolute Gasteiger partial charge is 0.504 e. The van der Waals surface area contributed by atoms with Crippen LogP contribution in [-0.4, -0.2) is 18.5 Å². The lowest BCUT2D eigenvalue weighted by Gasteiger charge is -2.08. The maximum Gasteiger partial charge on any atom is 0.189 e. The Hall–Kier alpha value is -1.22. The molecule has 0 aliphatic carbocycles. The van der Waals surface area contributed by atoms with Crippen molar-refractivity contribution in [3.8, 4) is 11.5 Å². The van der Waals surface area contributed by atoms with Crippen LogP contribution in [0.25, 0.3) is 0 Å². The van der Waals surface area contributed by atoms with Crippen LogP contribution in [0.4, 0.5) is 0 Å². The molecule has 0 atom stereocenters. The minimum atomic E-state index is 0.174. The summed E-state index contributed by atoms with van der Waals surface area (Å²) >= 11 is 0. The van der Waals surface area contributed by atoms with Gasteiger partial charge in [-0.15, -0.1) is 0 Å². The number of ether oxygens (including phenoxy) is 2. The second-order valence-electron chi connectivity index (χ2n) is 2.68. The van der Waals surface area contributed by atoms with Gasteiger partial charge < -0.3 is 14.6 Å². The molecule has 0 unspecified atom stereocenters. The van der Waals surface area contributed by atoms with Crippen molar-refractivity contribution >= 4 is 0 Å². The van der Waals surface area contributed by atoms with Crippen LogP contribution in [0, 0.1) is 6.92 Å². The summed E-state index contributed by atoms with van der Waals surface area (Å²) in [6.07, 6.45) is 0. The minimum Gasteiger partial charge on any atom is -0.504 e. The van der Waals surface area contributed by atoms with E-state index in [-0.39, 0.29) is 12.5 Å². The van der Waals surface area contributed by atoms with Crippen molar-refractivity contribution in [3.63, 3.8) is 0 Å². The summed E-state index contributed by atoms with van der Waals surface area (Å²) in [6.45, 7) is 4.49. The molecule has 0 spiro atoms. The Morgan fingerprint density at radius 2 is 2.15 bits per heavy atom. The first-order valence-electron chi connectivity index (χ1n) is 4.24. The summed E-state index contributed by atoms with van der Waals surface area (Å²) in [7, 11) is 0. The van der Waals surface area contributed by atoms with Crippen molar-refractivity contribution in [2.24, 2.45) is 0 Å². The summed E-state index contributed by atoms with van der Waals surface area (Å²) in [5.74, 6) is 0.649. The van der Waals surface area contributed by atoms with Gasteiger partial charge in [0, 0.05) is 6.61 Å². The van der Waals surface area contributed by atoms with Gasteiger partial charge in [0.25, 0.3) is 0 Å². The molecule has 72 valence electrons. The predicted molar refractivity (Wildman–Crippen MR) is 50.0 cm³/mol. The normalized spacial score (nSPS) is 10.0. The molecule has 0 aromatic heterocycles. The number of rotatable bonds is 4. The summed E-state index contributed by atoms with van der Waals surface area (Å²) in [5, 5.41) is 9.52. The van der Waals surface area contributed by atoms with Gasteiger partial charge in [0.1, 0.15) is 0 Å². The van der Waals surface area contributed by atoms with Gasteiger partial charge in [0.05, 0.1) is 0 Å². The van der Waals surface area contributed by atoms with Crippen molar-refractivity contribution in [2.75, 3.05) is 13.4 Å². The highest BCUT2D eigenvalue weighted by Gasteiger charge is 2.03. The van der Waals surface area contributed by atoms with E-state index in [9.17, 15) is 5.11 Å². The van der Waals surface area contributed by atoms with Crippen molar-refractivity contribution in [2.45, 2.75) is 13.8 Å². The van der Waals surface area contributed by atoms with E-state index in [1.54, 1.807) is 6.07 Å². The third kappa shape index (κ3) is 2.63. The monoisotopic (exact) mass is 182 g/mol. The van der Waals surface area contributed by atoms with Crippen molar-refractivity contribution in [3.05, 3.63) is 23.8 Å². The number of hydrogen-bond donors (Lipinski definition) is 1. The molecule has 1 aromatic rings. The number of para-hydroxylation sites is 1. The maximum atomic E-state index is 9.52. The van der Waals surface area contributed by atoms with E-state index in [1.165, 1.54) is 0 Å². The van der Waals surface area contributed by atoms with Crippen LogP contribution in [0.15, 0.2) is 18.2 Å². The summed E-state index contributed by atoms with van der Waals surface area (Å²) in [6, 6.07) is 5.36. The van der Waals surface area contributed by atoms with Crippen LogP contribution >= 0.6 is 0 Å². The second kappa shape index (κ2) is 4.72. The van der Waals surface area contributed by atoms with E-state index in [0.717, 1.165) is 5.56 Å². The molecular weight excluding hydrogens is 168 g/mol. The molecule has 0 amide bonds. The lowest BCUT2D eigenvalue weighted by molar-refractivity contribution is 0.0209. The first kappa shape index (κ1) is 9.86. The molecule has 0 heterocycles. The lowest BCUT2D eigenvalue weighted by Crippen LogP contribution is -2.02. The van der Waals surface area contributed by atoms with Crippen LogP contribution in [0.2, 0.25) is 0 Å². The van der Waals surface area contributed by atoms with Crippen molar-refractivity contribution < 1.29 is 14.6 Å². The van der Waals surface area contributed by atoms with Gasteiger partial charge in [-0.1, -0.05) is 12.1 Å². The first-order chi connectivity index (χ1) is 6.25. The molecule has 0 saturated carbocycles.